The van der Waals surface area contributed by atoms with Crippen LogP contribution < -0.4 is 10.3 Å². The van der Waals surface area contributed by atoms with Crippen molar-refractivity contribution in [2.24, 2.45) is 0 Å². The van der Waals surface area contributed by atoms with Crippen LogP contribution in [0.1, 0.15) is 55.0 Å². The zero-order chi connectivity index (χ0) is 19.6. The summed E-state index contributed by atoms with van der Waals surface area (Å²) in [6, 6.07) is 10.2. The Morgan fingerprint density at radius 3 is 2.76 bits per heavy atom. The van der Waals surface area contributed by atoms with Gasteiger partial charge in [-0.15, -0.1) is 11.3 Å². The molecule has 2 aromatic heterocycles. The number of nitrogens with zero attached hydrogens (tertiary/aromatic N) is 2. The molecule has 2 aliphatic rings. The molecule has 2 heterocycles. The first kappa shape index (κ1) is 19.2. The normalized spacial score (nSPS) is 17.0. The lowest BCUT2D eigenvalue weighted by Crippen LogP contribution is -2.29. The molecule has 3 aromatic rings. The van der Waals surface area contributed by atoms with Crippen molar-refractivity contribution in [3.8, 4) is 5.75 Å². The minimum absolute atomic E-state index is 0.202. The summed E-state index contributed by atoms with van der Waals surface area (Å²) in [6.45, 7) is 0.605. The Bertz CT molecular complexity index is 1050. The van der Waals surface area contributed by atoms with E-state index in [0.29, 0.717) is 12.6 Å². The van der Waals surface area contributed by atoms with E-state index in [1.807, 2.05) is 34.9 Å². The fourth-order valence-electron chi connectivity index (χ4n) is 4.61. The zero-order valence-corrected chi connectivity index (χ0v) is 18.2. The number of ether oxygens (including phenoxy) is 1. The van der Waals surface area contributed by atoms with Crippen molar-refractivity contribution in [2.45, 2.75) is 62.6 Å². The summed E-state index contributed by atoms with van der Waals surface area (Å²) in [5, 5.41) is 1.80. The molecule has 0 saturated heterocycles. The largest absolute Gasteiger partial charge is 0.493 e. The van der Waals surface area contributed by atoms with Gasteiger partial charge in [-0.25, -0.2) is 4.98 Å². The van der Waals surface area contributed by atoms with Crippen LogP contribution >= 0.6 is 23.1 Å². The Morgan fingerprint density at radius 1 is 1.10 bits per heavy atom. The van der Waals surface area contributed by atoms with Crippen molar-refractivity contribution in [3.05, 3.63) is 51.1 Å². The molecule has 1 saturated carbocycles. The van der Waals surface area contributed by atoms with E-state index >= 15 is 0 Å². The molecule has 0 bridgehead atoms. The van der Waals surface area contributed by atoms with E-state index in [1.54, 1.807) is 23.1 Å². The van der Waals surface area contributed by atoms with Crippen molar-refractivity contribution in [2.75, 3.05) is 12.4 Å². The number of benzene rings is 1. The smallest absolute Gasteiger partial charge is 0.263 e. The van der Waals surface area contributed by atoms with Gasteiger partial charge in [-0.1, -0.05) is 49.2 Å². The number of fused-ring (bicyclic) bond motifs is 3. The first-order valence-corrected chi connectivity index (χ1v) is 12.5. The van der Waals surface area contributed by atoms with Crippen LogP contribution in [0.2, 0.25) is 0 Å². The maximum Gasteiger partial charge on any atom is 0.263 e. The molecule has 0 atom stereocenters. The lowest BCUT2D eigenvalue weighted by molar-refractivity contribution is 0.325. The number of hydrogen-bond donors (Lipinski definition) is 0. The predicted octanol–water partition coefficient (Wildman–Crippen LogP) is 5.62. The molecule has 1 aromatic carbocycles. The minimum Gasteiger partial charge on any atom is -0.493 e. The maximum atomic E-state index is 13.6. The van der Waals surface area contributed by atoms with Crippen molar-refractivity contribution < 1.29 is 4.74 Å². The van der Waals surface area contributed by atoms with Gasteiger partial charge in [0.25, 0.3) is 5.56 Å². The second-order valence-electron chi connectivity index (χ2n) is 7.91. The van der Waals surface area contributed by atoms with Crippen molar-refractivity contribution in [1.29, 1.82) is 0 Å². The molecule has 0 N–H and O–H groups in total. The highest BCUT2D eigenvalue weighted by molar-refractivity contribution is 7.99. The second-order valence-corrected chi connectivity index (χ2v) is 10.1. The fourth-order valence-corrected chi connectivity index (χ4v) is 6.80. The van der Waals surface area contributed by atoms with E-state index in [-0.39, 0.29) is 5.56 Å². The van der Waals surface area contributed by atoms with Gasteiger partial charge in [0.05, 0.1) is 12.0 Å². The van der Waals surface area contributed by atoms with Crippen LogP contribution in [-0.4, -0.2) is 21.9 Å². The third-order valence-electron chi connectivity index (χ3n) is 6.00. The summed E-state index contributed by atoms with van der Waals surface area (Å²) in [5.41, 5.74) is 1.49. The number of para-hydroxylation sites is 1. The van der Waals surface area contributed by atoms with Crippen LogP contribution in [0.5, 0.6) is 5.75 Å². The van der Waals surface area contributed by atoms with Gasteiger partial charge < -0.3 is 4.74 Å². The first-order valence-electron chi connectivity index (χ1n) is 10.7. The van der Waals surface area contributed by atoms with E-state index in [0.717, 1.165) is 52.6 Å². The topological polar surface area (TPSA) is 44.1 Å². The lowest BCUT2D eigenvalue weighted by atomic mass is 9.95. The van der Waals surface area contributed by atoms with Crippen LogP contribution in [-0.2, 0) is 12.8 Å². The third-order valence-corrected chi connectivity index (χ3v) is 8.11. The molecule has 0 aliphatic heterocycles. The fraction of sp³-hybridized carbons (Fsp3) is 0.478. The first-order chi connectivity index (χ1) is 14.3. The van der Waals surface area contributed by atoms with Crippen LogP contribution in [0, 0.1) is 0 Å². The van der Waals surface area contributed by atoms with Crippen molar-refractivity contribution >= 4 is 33.3 Å². The summed E-state index contributed by atoms with van der Waals surface area (Å²) >= 11 is 3.40. The highest BCUT2D eigenvalue weighted by Crippen LogP contribution is 2.37. The van der Waals surface area contributed by atoms with E-state index in [9.17, 15) is 4.79 Å². The summed E-state index contributed by atoms with van der Waals surface area (Å²) in [7, 11) is 0. The van der Waals surface area contributed by atoms with Crippen LogP contribution in [0.15, 0.2) is 40.3 Å². The van der Waals surface area contributed by atoms with E-state index < -0.39 is 0 Å². The van der Waals surface area contributed by atoms with Crippen molar-refractivity contribution in [3.63, 3.8) is 0 Å². The summed E-state index contributed by atoms with van der Waals surface area (Å²) in [6.07, 6.45) is 9.19. The molecule has 152 valence electrons. The Labute approximate surface area is 179 Å². The Balaban J connectivity index is 1.43. The second kappa shape index (κ2) is 8.52. The van der Waals surface area contributed by atoms with Gasteiger partial charge >= 0.3 is 0 Å². The van der Waals surface area contributed by atoms with Gasteiger partial charge in [-0.3, -0.25) is 9.36 Å². The average Bonchev–Trinajstić information content (AvgIpc) is 3.33. The van der Waals surface area contributed by atoms with E-state index in [1.165, 1.54) is 36.1 Å². The highest BCUT2D eigenvalue weighted by atomic mass is 32.2. The molecule has 2 aliphatic carbocycles. The zero-order valence-electron chi connectivity index (χ0n) is 16.6. The SMILES string of the molecule is O=c1c2c3c(sc2nc(SCCOc2ccccc2)n1C1CCCCC1)CCC3. The van der Waals surface area contributed by atoms with Gasteiger partial charge in [0.15, 0.2) is 5.16 Å². The molecule has 0 radical (unpaired) electrons. The van der Waals surface area contributed by atoms with Crippen LogP contribution in [0.25, 0.3) is 10.2 Å². The minimum atomic E-state index is 0.202. The summed E-state index contributed by atoms with van der Waals surface area (Å²) < 4.78 is 7.89. The van der Waals surface area contributed by atoms with Gasteiger partial charge in [0, 0.05) is 16.7 Å². The number of aromatic nitrogens is 2. The van der Waals surface area contributed by atoms with Gasteiger partial charge in [-0.05, 0) is 49.8 Å². The quantitative estimate of drug-likeness (QED) is 0.291. The number of thiophene rings is 1. The molecule has 0 amide bonds. The molecule has 4 nitrogen and oxygen atoms in total. The highest BCUT2D eigenvalue weighted by Gasteiger charge is 2.26. The van der Waals surface area contributed by atoms with Gasteiger partial charge in [0.2, 0.25) is 0 Å². The van der Waals surface area contributed by atoms with Crippen LogP contribution in [0.3, 0.4) is 0 Å². The molecule has 0 unspecified atom stereocenters. The molecular weight excluding hydrogens is 400 g/mol. The molecule has 29 heavy (non-hydrogen) atoms. The number of rotatable bonds is 6. The lowest BCUT2D eigenvalue weighted by Gasteiger charge is -2.26. The van der Waals surface area contributed by atoms with Gasteiger partial charge in [-0.2, -0.15) is 0 Å². The Kier molecular flexibility index (Phi) is 5.64. The van der Waals surface area contributed by atoms with Crippen molar-refractivity contribution in [1.82, 2.24) is 9.55 Å². The average molecular weight is 427 g/mol. The maximum absolute atomic E-state index is 13.6. The summed E-state index contributed by atoms with van der Waals surface area (Å²) in [4.78, 5) is 20.9. The predicted molar refractivity (Wildman–Crippen MR) is 121 cm³/mol. The van der Waals surface area contributed by atoms with Crippen LogP contribution in [0.4, 0.5) is 0 Å². The molecular formula is C23H26N2O2S2. The van der Waals surface area contributed by atoms with E-state index in [4.69, 9.17) is 9.72 Å². The molecule has 5 rings (SSSR count). The van der Waals surface area contributed by atoms with Gasteiger partial charge in [0.1, 0.15) is 10.6 Å². The Morgan fingerprint density at radius 2 is 1.93 bits per heavy atom. The third kappa shape index (κ3) is 3.84. The summed E-state index contributed by atoms with van der Waals surface area (Å²) in [5.74, 6) is 1.67. The number of hydrogen-bond acceptors (Lipinski definition) is 5. The number of thioether (sulfide) groups is 1. The van der Waals surface area contributed by atoms with E-state index in [2.05, 4.69) is 0 Å². The number of aryl methyl sites for hydroxylation is 2. The molecule has 6 heteroatoms. The molecule has 0 spiro atoms. The monoisotopic (exact) mass is 426 g/mol. The Hall–Kier alpha value is -1.79. The standard InChI is InChI=1S/C23H26N2O2S2/c26-22-20-18-12-7-13-19(18)29-21(20)24-23(25(22)16-8-3-1-4-9-16)28-15-14-27-17-10-5-2-6-11-17/h2,5-6,10-11,16H,1,3-4,7-9,12-15H2. The molecule has 1 fully saturated rings.